The lowest BCUT2D eigenvalue weighted by Crippen LogP contribution is -2.42. The molecule has 0 bridgehead atoms. The Bertz CT molecular complexity index is 751. The van der Waals surface area contributed by atoms with Crippen molar-refractivity contribution < 1.29 is 9.21 Å². The first-order valence-electron chi connectivity index (χ1n) is 8.02. The van der Waals surface area contributed by atoms with Crippen molar-refractivity contribution in [2.75, 3.05) is 11.4 Å². The zero-order valence-corrected chi connectivity index (χ0v) is 14.3. The van der Waals surface area contributed by atoms with Crippen LogP contribution in [0.3, 0.4) is 0 Å². The number of hydrogen-bond donors (Lipinski definition) is 0. The number of benzene rings is 1. The summed E-state index contributed by atoms with van der Waals surface area (Å²) >= 11 is 1.34. The highest BCUT2D eigenvalue weighted by atomic mass is 32.2. The number of nitrogens with zero attached hydrogens (tertiary/aromatic N) is 4. The zero-order valence-electron chi connectivity index (χ0n) is 13.4. The molecule has 1 amide bonds. The van der Waals surface area contributed by atoms with Crippen LogP contribution in [-0.2, 0) is 11.2 Å². The summed E-state index contributed by atoms with van der Waals surface area (Å²) in [5.41, 5.74) is 1.41. The maximum absolute atomic E-state index is 12.8. The Kier molecular flexibility index (Phi) is 5.16. The summed E-state index contributed by atoms with van der Waals surface area (Å²) < 4.78 is 5.58. The number of nitriles is 1. The third-order valence-electron chi connectivity index (χ3n) is 3.85. The maximum Gasteiger partial charge on any atom is 0.277 e. The molecule has 7 heteroatoms. The molecule has 1 aliphatic rings. The summed E-state index contributed by atoms with van der Waals surface area (Å²) in [6.07, 6.45) is 3.41. The minimum absolute atomic E-state index is 0.0474. The van der Waals surface area contributed by atoms with E-state index >= 15 is 0 Å². The van der Waals surface area contributed by atoms with Crippen LogP contribution in [0.5, 0.6) is 0 Å². The molecular formula is C17H18N4O2S. The standard InChI is InChI=1S/C17H18N4O2S/c1-2-4-15-19-20-17(23-15)24-14-5-3-10-21(16(14)22)13-8-6-12(11-18)7-9-13/h6-9,14H,2-5,10H2,1H3. The molecule has 0 aliphatic carbocycles. The van der Waals surface area contributed by atoms with Gasteiger partial charge in [0.15, 0.2) is 0 Å². The highest BCUT2D eigenvalue weighted by Gasteiger charge is 2.31. The first kappa shape index (κ1) is 16.5. The Balaban J connectivity index is 1.70. The average molecular weight is 342 g/mol. The molecule has 2 aromatic rings. The van der Waals surface area contributed by atoms with Crippen molar-refractivity contribution >= 4 is 23.4 Å². The fraction of sp³-hybridized carbons (Fsp3) is 0.412. The normalized spacial score (nSPS) is 17.8. The summed E-state index contributed by atoms with van der Waals surface area (Å²) in [4.78, 5) is 14.5. The van der Waals surface area contributed by atoms with Crippen molar-refractivity contribution in [1.82, 2.24) is 10.2 Å². The average Bonchev–Trinajstić information content (AvgIpc) is 3.04. The van der Waals surface area contributed by atoms with Crippen molar-refractivity contribution in [1.29, 1.82) is 5.26 Å². The number of aryl methyl sites for hydroxylation is 1. The van der Waals surface area contributed by atoms with Gasteiger partial charge in [0, 0.05) is 18.7 Å². The number of thioether (sulfide) groups is 1. The number of carbonyl (C=O) groups excluding carboxylic acids is 1. The van der Waals surface area contributed by atoms with Gasteiger partial charge in [-0.1, -0.05) is 18.7 Å². The number of piperidine rings is 1. The van der Waals surface area contributed by atoms with Gasteiger partial charge in [0.25, 0.3) is 5.22 Å². The molecule has 1 aliphatic heterocycles. The quantitative estimate of drug-likeness (QED) is 0.830. The molecule has 1 atom stereocenters. The molecule has 1 fully saturated rings. The van der Waals surface area contributed by atoms with Crippen LogP contribution in [0, 0.1) is 11.3 Å². The summed E-state index contributed by atoms with van der Waals surface area (Å²) in [5, 5.41) is 17.1. The molecule has 0 spiro atoms. The van der Waals surface area contributed by atoms with Gasteiger partial charge in [-0.3, -0.25) is 4.79 Å². The van der Waals surface area contributed by atoms with Crippen LogP contribution in [0.1, 0.15) is 37.6 Å². The molecule has 1 unspecified atom stereocenters. The topological polar surface area (TPSA) is 83.0 Å². The lowest BCUT2D eigenvalue weighted by Gasteiger charge is -2.31. The van der Waals surface area contributed by atoms with E-state index in [9.17, 15) is 4.79 Å². The molecule has 1 aromatic heterocycles. The lowest BCUT2D eigenvalue weighted by molar-refractivity contribution is -0.119. The molecule has 6 nitrogen and oxygen atoms in total. The minimum atomic E-state index is -0.218. The predicted molar refractivity (Wildman–Crippen MR) is 90.7 cm³/mol. The zero-order chi connectivity index (χ0) is 16.9. The highest BCUT2D eigenvalue weighted by Crippen LogP contribution is 2.32. The summed E-state index contributed by atoms with van der Waals surface area (Å²) in [5.74, 6) is 0.665. The predicted octanol–water partition coefficient (Wildman–Crippen LogP) is 3.18. The van der Waals surface area contributed by atoms with Gasteiger partial charge in [-0.05, 0) is 43.5 Å². The van der Waals surface area contributed by atoms with Gasteiger partial charge in [0.2, 0.25) is 11.8 Å². The first-order chi connectivity index (χ1) is 11.7. The Hall–Kier alpha value is -2.33. The maximum atomic E-state index is 12.8. The summed E-state index contributed by atoms with van der Waals surface area (Å²) in [6, 6.07) is 9.18. The smallest absolute Gasteiger partial charge is 0.277 e. The van der Waals surface area contributed by atoms with Crippen LogP contribution in [0.2, 0.25) is 0 Å². The van der Waals surface area contributed by atoms with Crippen molar-refractivity contribution in [2.24, 2.45) is 0 Å². The van der Waals surface area contributed by atoms with E-state index in [1.807, 2.05) is 12.1 Å². The molecule has 1 aromatic carbocycles. The highest BCUT2D eigenvalue weighted by molar-refractivity contribution is 8.00. The number of anilines is 1. The number of hydrogen-bond acceptors (Lipinski definition) is 6. The van der Waals surface area contributed by atoms with Gasteiger partial charge < -0.3 is 9.32 Å². The molecule has 1 saturated heterocycles. The molecule has 0 saturated carbocycles. The van der Waals surface area contributed by atoms with Crippen LogP contribution in [0.25, 0.3) is 0 Å². The summed E-state index contributed by atoms with van der Waals surface area (Å²) in [6.45, 7) is 2.74. The number of amides is 1. The van der Waals surface area contributed by atoms with E-state index in [2.05, 4.69) is 23.2 Å². The van der Waals surface area contributed by atoms with Crippen molar-refractivity contribution in [3.63, 3.8) is 0 Å². The summed E-state index contributed by atoms with van der Waals surface area (Å²) in [7, 11) is 0. The van der Waals surface area contributed by atoms with E-state index < -0.39 is 0 Å². The van der Waals surface area contributed by atoms with E-state index in [-0.39, 0.29) is 11.2 Å². The van der Waals surface area contributed by atoms with Crippen LogP contribution in [0.15, 0.2) is 33.9 Å². The van der Waals surface area contributed by atoms with Crippen LogP contribution in [0.4, 0.5) is 5.69 Å². The van der Waals surface area contributed by atoms with Crippen molar-refractivity contribution in [2.45, 2.75) is 43.1 Å². The minimum Gasteiger partial charge on any atom is -0.416 e. The van der Waals surface area contributed by atoms with Crippen LogP contribution in [-0.4, -0.2) is 27.9 Å². The van der Waals surface area contributed by atoms with Gasteiger partial charge in [-0.2, -0.15) is 5.26 Å². The van der Waals surface area contributed by atoms with Crippen molar-refractivity contribution in [3.05, 3.63) is 35.7 Å². The fourth-order valence-corrected chi connectivity index (χ4v) is 3.63. The van der Waals surface area contributed by atoms with Crippen LogP contribution >= 0.6 is 11.8 Å². The second-order valence-corrected chi connectivity index (χ2v) is 6.76. The molecular weight excluding hydrogens is 324 g/mol. The van der Waals surface area contributed by atoms with Gasteiger partial charge in [-0.25, -0.2) is 0 Å². The lowest BCUT2D eigenvalue weighted by atomic mass is 10.1. The van der Waals surface area contributed by atoms with E-state index in [0.29, 0.717) is 23.2 Å². The Morgan fingerprint density at radius 3 is 2.88 bits per heavy atom. The van der Waals surface area contributed by atoms with E-state index in [0.717, 1.165) is 31.4 Å². The third kappa shape index (κ3) is 3.60. The Morgan fingerprint density at radius 1 is 1.38 bits per heavy atom. The second kappa shape index (κ2) is 7.49. The van der Waals surface area contributed by atoms with Gasteiger partial charge in [-0.15, -0.1) is 10.2 Å². The number of aromatic nitrogens is 2. The molecule has 0 radical (unpaired) electrons. The van der Waals surface area contributed by atoms with Gasteiger partial charge >= 0.3 is 0 Å². The van der Waals surface area contributed by atoms with Crippen molar-refractivity contribution in [3.8, 4) is 6.07 Å². The van der Waals surface area contributed by atoms with E-state index in [1.54, 1.807) is 17.0 Å². The number of rotatable bonds is 5. The van der Waals surface area contributed by atoms with E-state index in [1.165, 1.54) is 11.8 Å². The molecule has 24 heavy (non-hydrogen) atoms. The van der Waals surface area contributed by atoms with Gasteiger partial charge in [0.1, 0.15) is 0 Å². The molecule has 2 heterocycles. The third-order valence-corrected chi connectivity index (χ3v) is 4.94. The molecule has 124 valence electrons. The van der Waals surface area contributed by atoms with Crippen LogP contribution < -0.4 is 4.90 Å². The molecule has 3 rings (SSSR count). The SMILES string of the molecule is CCCc1nnc(SC2CCCN(c3ccc(C#N)cc3)C2=O)o1. The van der Waals surface area contributed by atoms with E-state index in [4.69, 9.17) is 9.68 Å². The Labute approximate surface area is 144 Å². The fourth-order valence-electron chi connectivity index (χ4n) is 2.65. The number of carbonyl (C=O) groups is 1. The first-order valence-corrected chi connectivity index (χ1v) is 8.90. The largest absolute Gasteiger partial charge is 0.416 e. The molecule has 0 N–H and O–H groups in total. The monoisotopic (exact) mass is 342 g/mol. The van der Waals surface area contributed by atoms with Gasteiger partial charge in [0.05, 0.1) is 16.9 Å². The second-order valence-electron chi connectivity index (χ2n) is 5.61. The Morgan fingerprint density at radius 2 is 2.17 bits per heavy atom.